The highest BCUT2D eigenvalue weighted by atomic mass is 16.5. The second kappa shape index (κ2) is 8.38. The summed E-state index contributed by atoms with van der Waals surface area (Å²) in [4.78, 5) is 11.6. The van der Waals surface area contributed by atoms with E-state index in [1.54, 1.807) is 19.2 Å². The fourth-order valence-electron chi connectivity index (χ4n) is 1.75. The molecule has 0 aliphatic rings. The lowest BCUT2D eigenvalue weighted by molar-refractivity contribution is -0.122. The molecule has 4 nitrogen and oxygen atoms in total. The summed E-state index contributed by atoms with van der Waals surface area (Å²) >= 11 is 0. The third kappa shape index (κ3) is 4.88. The number of para-hydroxylation sites is 2. The molecule has 4 heteroatoms. The largest absolute Gasteiger partial charge is 0.495 e. The van der Waals surface area contributed by atoms with Crippen molar-refractivity contribution in [3.8, 4) is 23.3 Å². The van der Waals surface area contributed by atoms with E-state index in [4.69, 9.17) is 9.47 Å². The predicted molar refractivity (Wildman–Crippen MR) is 84.8 cm³/mol. The average molecular weight is 295 g/mol. The lowest BCUT2D eigenvalue weighted by Gasteiger charge is -2.05. The highest BCUT2D eigenvalue weighted by Crippen LogP contribution is 2.15. The summed E-state index contributed by atoms with van der Waals surface area (Å²) in [5, 5.41) is 2.68. The van der Waals surface area contributed by atoms with E-state index in [1.807, 2.05) is 42.5 Å². The molecule has 0 radical (unpaired) electrons. The van der Waals surface area contributed by atoms with Crippen LogP contribution < -0.4 is 14.8 Å². The number of hydrogen-bond donors (Lipinski definition) is 1. The van der Waals surface area contributed by atoms with Crippen molar-refractivity contribution in [2.24, 2.45) is 0 Å². The van der Waals surface area contributed by atoms with Gasteiger partial charge in [-0.2, -0.15) is 0 Å². The fourth-order valence-corrected chi connectivity index (χ4v) is 1.75. The number of nitrogens with one attached hydrogen (secondary N) is 1. The SMILES string of the molecule is COc1ccccc1C#CCNC(=O)COc1ccccc1. The van der Waals surface area contributed by atoms with Crippen LogP contribution in [0.2, 0.25) is 0 Å². The van der Waals surface area contributed by atoms with E-state index in [0.29, 0.717) is 11.5 Å². The van der Waals surface area contributed by atoms with Gasteiger partial charge in [-0.3, -0.25) is 4.79 Å². The first-order valence-electron chi connectivity index (χ1n) is 6.86. The molecular weight excluding hydrogens is 278 g/mol. The zero-order valence-corrected chi connectivity index (χ0v) is 12.3. The first kappa shape index (κ1) is 15.5. The Morgan fingerprint density at radius 1 is 1.09 bits per heavy atom. The van der Waals surface area contributed by atoms with Gasteiger partial charge in [0.25, 0.3) is 5.91 Å². The quantitative estimate of drug-likeness (QED) is 0.861. The predicted octanol–water partition coefficient (Wildman–Crippen LogP) is 2.24. The minimum atomic E-state index is -0.210. The summed E-state index contributed by atoms with van der Waals surface area (Å²) in [6.45, 7) is 0.232. The van der Waals surface area contributed by atoms with Gasteiger partial charge in [0.15, 0.2) is 6.61 Å². The summed E-state index contributed by atoms with van der Waals surface area (Å²) in [6, 6.07) is 16.7. The smallest absolute Gasteiger partial charge is 0.258 e. The Hall–Kier alpha value is -2.93. The average Bonchev–Trinajstić information content (AvgIpc) is 2.58. The number of benzene rings is 2. The van der Waals surface area contributed by atoms with Crippen molar-refractivity contribution in [3.63, 3.8) is 0 Å². The van der Waals surface area contributed by atoms with Crippen molar-refractivity contribution in [2.45, 2.75) is 0 Å². The number of hydrogen-bond acceptors (Lipinski definition) is 3. The molecule has 2 aromatic carbocycles. The Labute approximate surface area is 130 Å². The van der Waals surface area contributed by atoms with Crippen LogP contribution in [-0.4, -0.2) is 26.2 Å². The number of rotatable bonds is 5. The van der Waals surface area contributed by atoms with Crippen molar-refractivity contribution in [3.05, 3.63) is 60.2 Å². The van der Waals surface area contributed by atoms with E-state index in [1.165, 1.54) is 0 Å². The molecule has 0 unspecified atom stereocenters. The molecule has 0 aliphatic carbocycles. The van der Waals surface area contributed by atoms with E-state index in [0.717, 1.165) is 5.56 Å². The molecule has 1 amide bonds. The van der Waals surface area contributed by atoms with Crippen molar-refractivity contribution < 1.29 is 14.3 Å². The molecule has 2 aromatic rings. The first-order valence-corrected chi connectivity index (χ1v) is 6.86. The van der Waals surface area contributed by atoms with Crippen LogP contribution in [-0.2, 0) is 4.79 Å². The normalized spacial score (nSPS) is 9.32. The lowest BCUT2D eigenvalue weighted by Crippen LogP contribution is -2.29. The molecule has 0 saturated heterocycles. The molecule has 0 bridgehead atoms. The van der Waals surface area contributed by atoms with E-state index in [-0.39, 0.29) is 19.1 Å². The number of ether oxygens (including phenoxy) is 2. The Morgan fingerprint density at radius 3 is 2.59 bits per heavy atom. The van der Waals surface area contributed by atoms with Crippen LogP contribution >= 0.6 is 0 Å². The van der Waals surface area contributed by atoms with Gasteiger partial charge in [0.1, 0.15) is 11.5 Å². The number of carbonyl (C=O) groups excluding carboxylic acids is 1. The summed E-state index contributed by atoms with van der Waals surface area (Å²) in [6.07, 6.45) is 0. The second-order valence-corrected chi connectivity index (χ2v) is 4.38. The van der Waals surface area contributed by atoms with Gasteiger partial charge in [-0.1, -0.05) is 42.2 Å². The Balaban J connectivity index is 1.77. The summed E-state index contributed by atoms with van der Waals surface area (Å²) < 4.78 is 10.5. The lowest BCUT2D eigenvalue weighted by atomic mass is 10.2. The zero-order chi connectivity index (χ0) is 15.6. The van der Waals surface area contributed by atoms with Gasteiger partial charge >= 0.3 is 0 Å². The highest BCUT2D eigenvalue weighted by molar-refractivity contribution is 5.77. The van der Waals surface area contributed by atoms with Crippen LogP contribution in [0.4, 0.5) is 0 Å². The molecule has 112 valence electrons. The molecule has 0 atom stereocenters. The summed E-state index contributed by atoms with van der Waals surface area (Å²) in [7, 11) is 1.60. The van der Waals surface area contributed by atoms with Crippen LogP contribution in [0.25, 0.3) is 0 Å². The first-order chi connectivity index (χ1) is 10.8. The minimum absolute atomic E-state index is 0.0274. The minimum Gasteiger partial charge on any atom is -0.495 e. The van der Waals surface area contributed by atoms with Gasteiger partial charge in [-0.15, -0.1) is 0 Å². The summed E-state index contributed by atoms with van der Waals surface area (Å²) in [5.41, 5.74) is 0.791. The van der Waals surface area contributed by atoms with Crippen molar-refractivity contribution in [2.75, 3.05) is 20.3 Å². The molecule has 1 N–H and O–H groups in total. The third-order valence-corrected chi connectivity index (χ3v) is 2.82. The standard InChI is InChI=1S/C18H17NO3/c1-21-17-12-6-5-8-15(17)9-7-13-19-18(20)14-22-16-10-3-2-4-11-16/h2-6,8,10-12H,13-14H2,1H3,(H,19,20). The van der Waals surface area contributed by atoms with Gasteiger partial charge in [0.05, 0.1) is 19.2 Å². The van der Waals surface area contributed by atoms with Crippen LogP contribution in [0.3, 0.4) is 0 Å². The van der Waals surface area contributed by atoms with Gasteiger partial charge in [-0.05, 0) is 24.3 Å². The Bertz CT molecular complexity index is 671. The highest BCUT2D eigenvalue weighted by Gasteiger charge is 2.00. The van der Waals surface area contributed by atoms with Gasteiger partial charge in [0.2, 0.25) is 0 Å². The van der Waals surface area contributed by atoms with E-state index in [9.17, 15) is 4.79 Å². The van der Waals surface area contributed by atoms with Gasteiger partial charge < -0.3 is 14.8 Å². The van der Waals surface area contributed by atoms with Crippen molar-refractivity contribution in [1.82, 2.24) is 5.32 Å². The molecule has 0 aliphatic heterocycles. The van der Waals surface area contributed by atoms with Crippen LogP contribution in [0.1, 0.15) is 5.56 Å². The molecule has 2 rings (SSSR count). The van der Waals surface area contributed by atoms with Crippen LogP contribution in [0.5, 0.6) is 11.5 Å². The van der Waals surface area contributed by atoms with Crippen molar-refractivity contribution >= 4 is 5.91 Å². The van der Waals surface area contributed by atoms with E-state index in [2.05, 4.69) is 17.2 Å². The zero-order valence-electron chi connectivity index (χ0n) is 12.3. The van der Waals surface area contributed by atoms with E-state index < -0.39 is 0 Å². The molecule has 0 fully saturated rings. The summed E-state index contributed by atoms with van der Waals surface area (Å²) in [5.74, 6) is 7.02. The number of carbonyl (C=O) groups is 1. The van der Waals surface area contributed by atoms with Crippen molar-refractivity contribution in [1.29, 1.82) is 0 Å². The van der Waals surface area contributed by atoms with Gasteiger partial charge in [-0.25, -0.2) is 0 Å². The Morgan fingerprint density at radius 2 is 1.82 bits per heavy atom. The monoisotopic (exact) mass is 295 g/mol. The maximum Gasteiger partial charge on any atom is 0.258 e. The van der Waals surface area contributed by atoms with Crippen LogP contribution in [0, 0.1) is 11.8 Å². The maximum absolute atomic E-state index is 11.6. The third-order valence-electron chi connectivity index (χ3n) is 2.82. The van der Waals surface area contributed by atoms with Crippen LogP contribution in [0.15, 0.2) is 54.6 Å². The number of methoxy groups -OCH3 is 1. The Kier molecular flexibility index (Phi) is 5.89. The molecule has 0 saturated carbocycles. The molecule has 22 heavy (non-hydrogen) atoms. The maximum atomic E-state index is 11.6. The molecular formula is C18H17NO3. The topological polar surface area (TPSA) is 47.6 Å². The molecule has 0 heterocycles. The molecule has 0 spiro atoms. The fraction of sp³-hybridized carbons (Fsp3) is 0.167. The van der Waals surface area contributed by atoms with E-state index >= 15 is 0 Å². The number of amides is 1. The second-order valence-electron chi connectivity index (χ2n) is 4.38. The van der Waals surface area contributed by atoms with Gasteiger partial charge in [0, 0.05) is 0 Å². The molecule has 0 aromatic heterocycles.